The Morgan fingerprint density at radius 2 is 0.977 bits per heavy atom. The fraction of sp³-hybridized carbons (Fsp3) is 0.613. The molecule has 4 fully saturated rings. The van der Waals surface area contributed by atoms with Crippen molar-refractivity contribution in [2.75, 3.05) is 41.3 Å². The minimum atomic E-state index is -1.80. The molecule has 2 saturated carbocycles. The number of carbonyl (C=O) groups excluding carboxylic acids is 12. The fourth-order valence-corrected chi connectivity index (χ4v) is 12.6. The Labute approximate surface area is 505 Å². The molecule has 0 aromatic heterocycles. The number of para-hydroxylation sites is 1. The summed E-state index contributed by atoms with van der Waals surface area (Å²) in [7, 11) is 5.68. The van der Waals surface area contributed by atoms with E-state index in [1.807, 2.05) is 0 Å². The highest BCUT2D eigenvalue weighted by Crippen LogP contribution is 2.37. The van der Waals surface area contributed by atoms with Crippen LogP contribution in [0, 0.1) is 47.3 Å². The van der Waals surface area contributed by atoms with Gasteiger partial charge in [0.2, 0.25) is 35.4 Å². The highest BCUT2D eigenvalue weighted by atomic mass is 16.6. The van der Waals surface area contributed by atoms with Gasteiger partial charge in [0.05, 0.1) is 36.3 Å². The smallest absolute Gasteiger partial charge is 0.329 e. The summed E-state index contributed by atoms with van der Waals surface area (Å²) in [6.07, 6.45) is -0.512. The van der Waals surface area contributed by atoms with Gasteiger partial charge in [0.25, 0.3) is 11.8 Å². The van der Waals surface area contributed by atoms with E-state index in [0.717, 1.165) is 21.9 Å². The topological polar surface area (TPSA) is 327 Å². The molecule has 87 heavy (non-hydrogen) atoms. The molecule has 1 aromatic rings. The maximum absolute atomic E-state index is 14.9. The summed E-state index contributed by atoms with van der Waals surface area (Å²) >= 11 is 0. The van der Waals surface area contributed by atoms with E-state index >= 15 is 0 Å². The quantitative estimate of drug-likeness (QED) is 0.186. The molecule has 3 heterocycles. The van der Waals surface area contributed by atoms with Crippen LogP contribution in [0.5, 0.6) is 0 Å². The lowest BCUT2D eigenvalue weighted by atomic mass is 9.83. The number of aromatic nitrogens is 1. The van der Waals surface area contributed by atoms with E-state index < -0.39 is 191 Å². The molecule has 12 atom stereocenters. The van der Waals surface area contributed by atoms with Gasteiger partial charge in [0.1, 0.15) is 47.6 Å². The van der Waals surface area contributed by atoms with E-state index in [0.29, 0.717) is 38.5 Å². The van der Waals surface area contributed by atoms with Crippen LogP contribution in [-0.4, -0.2) is 185 Å². The first-order chi connectivity index (χ1) is 40.8. The zero-order valence-electron chi connectivity index (χ0n) is 52.0. The molecule has 25 heteroatoms. The van der Waals surface area contributed by atoms with Crippen molar-refractivity contribution < 1.29 is 71.4 Å². The Morgan fingerprint density at radius 1 is 0.563 bits per heavy atom. The number of carbonyl (C=O) groups is 12. The number of amides is 8. The van der Waals surface area contributed by atoms with Gasteiger partial charge in [-0.2, -0.15) is 0 Å². The summed E-state index contributed by atoms with van der Waals surface area (Å²) in [5.74, 6) is -14.5. The minimum Gasteiger partial charge on any atom is -0.458 e. The third kappa shape index (κ3) is 14.2. The number of Topliss-reactive ketones (excluding diaryl/α,β-unsaturated/α-hetero) is 2. The van der Waals surface area contributed by atoms with Gasteiger partial charge < -0.3 is 54.8 Å². The molecule has 472 valence electrons. The molecule has 0 spiro atoms. The molecule has 12 unspecified atom stereocenters. The number of ketones is 2. The molecule has 0 radical (unpaired) electrons. The van der Waals surface area contributed by atoms with Crippen molar-refractivity contribution in [3.8, 4) is 11.5 Å². The van der Waals surface area contributed by atoms with E-state index in [4.69, 9.17) is 18.9 Å². The van der Waals surface area contributed by atoms with Crippen molar-refractivity contribution in [3.05, 3.63) is 51.7 Å². The molecule has 2 saturated heterocycles. The van der Waals surface area contributed by atoms with Crippen LogP contribution in [-0.2, 0) is 57.4 Å². The van der Waals surface area contributed by atoms with Gasteiger partial charge in [0, 0.05) is 64.0 Å². The Bertz CT molecular complexity index is 3250. The average Bonchev–Trinajstić information content (AvgIpc) is 1.36. The number of nitrogens with one attached hydrogen (secondary N) is 4. The third-order valence-corrected chi connectivity index (χ3v) is 17.5. The Morgan fingerprint density at radius 3 is 1.39 bits per heavy atom. The van der Waals surface area contributed by atoms with Crippen molar-refractivity contribution >= 4 is 81.9 Å². The number of hydrogen-bond donors (Lipinski definition) is 4. The van der Waals surface area contributed by atoms with Crippen molar-refractivity contribution in [1.82, 2.24) is 45.9 Å². The van der Waals surface area contributed by atoms with Crippen molar-refractivity contribution in [3.63, 3.8) is 0 Å². The van der Waals surface area contributed by atoms with Crippen LogP contribution < -0.4 is 26.7 Å². The van der Waals surface area contributed by atoms with Crippen LogP contribution in [0.25, 0.3) is 22.6 Å². The lowest BCUT2D eigenvalue weighted by Gasteiger charge is -2.35. The van der Waals surface area contributed by atoms with Crippen molar-refractivity contribution in [2.45, 2.75) is 156 Å². The first kappa shape index (κ1) is 66.4. The number of esters is 2. The summed E-state index contributed by atoms with van der Waals surface area (Å²) in [5.41, 5.74) is -2.06. The predicted molar refractivity (Wildman–Crippen MR) is 314 cm³/mol. The second kappa shape index (κ2) is 27.3. The third-order valence-electron chi connectivity index (χ3n) is 17.5. The number of likely N-dealkylation sites (N-methyl/N-ethyl adjacent to an activating group) is 4. The van der Waals surface area contributed by atoms with Crippen LogP contribution in [0.4, 0.5) is 0 Å². The standard InChI is InChI=1S/C62H83N9O16/c1-28(2)45-53(75)35-18-15-20-37(35)59(81)68(11)26-43(73)70(13)51(30(5)6)61(83)85-32(9)47(57(79)64-45)66-55(77)39-22-17-23-41-49(39)63-50-40(24-34(72)25-42(50)87-41)56(78)67-48-33(10)86-62(84)52(31(7)8)71(14)44(74)27-69(12)60(82)38-21-16-19-36(38)54(76)46(29(3)4)65-58(48)80/h17,22-25,28-33,35-38,45-48,51-52H,15-16,18-21,26-27H2,1-14H3,(H,64,79)(H,65,80)(H,66,77)(H,67,78). The molecular formula is C62H83N9O16. The average molecular weight is 1210 g/mol. The number of rotatable bonds is 8. The summed E-state index contributed by atoms with van der Waals surface area (Å²) in [6, 6.07) is -2.25. The maximum atomic E-state index is 14.9. The van der Waals surface area contributed by atoms with E-state index in [2.05, 4.69) is 21.3 Å². The molecule has 6 aliphatic rings. The molecular weight excluding hydrogens is 1130 g/mol. The van der Waals surface area contributed by atoms with Crippen molar-refractivity contribution in [1.29, 1.82) is 0 Å². The Hall–Kier alpha value is -8.12. The van der Waals surface area contributed by atoms with Gasteiger partial charge in [-0.1, -0.05) is 74.3 Å². The second-order valence-corrected chi connectivity index (χ2v) is 25.2. The monoisotopic (exact) mass is 1210 g/mol. The molecule has 3 aliphatic carbocycles. The lowest BCUT2D eigenvalue weighted by molar-refractivity contribution is -0.163. The van der Waals surface area contributed by atoms with Gasteiger partial charge in [-0.3, -0.25) is 52.7 Å². The van der Waals surface area contributed by atoms with Crippen LogP contribution >= 0.6 is 0 Å². The zero-order valence-corrected chi connectivity index (χ0v) is 52.0. The first-order valence-corrected chi connectivity index (χ1v) is 29.9. The molecule has 0 bridgehead atoms. The van der Waals surface area contributed by atoms with Gasteiger partial charge in [-0.25, -0.2) is 14.6 Å². The van der Waals surface area contributed by atoms with Gasteiger partial charge in [-0.05, 0) is 75.3 Å². The first-order valence-electron chi connectivity index (χ1n) is 29.9. The number of ether oxygens (including phenoxy) is 2. The molecule has 1 aromatic carbocycles. The number of cyclic esters (lactones) is 2. The maximum Gasteiger partial charge on any atom is 0.329 e. The molecule has 4 N–H and O–H groups in total. The molecule has 7 rings (SSSR count). The largest absolute Gasteiger partial charge is 0.458 e. The predicted octanol–water partition coefficient (Wildman–Crippen LogP) is 2.52. The second-order valence-electron chi connectivity index (χ2n) is 25.2. The van der Waals surface area contributed by atoms with Crippen LogP contribution in [0.2, 0.25) is 0 Å². The van der Waals surface area contributed by atoms with E-state index in [-0.39, 0.29) is 28.1 Å². The zero-order chi connectivity index (χ0) is 64.4. The number of benzene rings is 2. The van der Waals surface area contributed by atoms with Crippen molar-refractivity contribution in [2.24, 2.45) is 47.3 Å². The Kier molecular flexibility index (Phi) is 20.8. The van der Waals surface area contributed by atoms with Crippen LogP contribution in [0.1, 0.15) is 128 Å². The fourth-order valence-electron chi connectivity index (χ4n) is 12.6. The van der Waals surface area contributed by atoms with Gasteiger partial charge >= 0.3 is 11.9 Å². The molecule has 8 amide bonds. The van der Waals surface area contributed by atoms with E-state index in [9.17, 15) is 62.3 Å². The number of nitrogens with zero attached hydrogens (tertiary/aromatic N) is 5. The number of hydrogen-bond acceptors (Lipinski definition) is 17. The summed E-state index contributed by atoms with van der Waals surface area (Å²) in [4.78, 5) is 195. The van der Waals surface area contributed by atoms with E-state index in [1.54, 1.807) is 55.4 Å². The highest BCUT2D eigenvalue weighted by molar-refractivity contribution is 6.08. The highest BCUT2D eigenvalue weighted by Gasteiger charge is 2.47. The number of fused-ring (bicyclic) bond motifs is 4. The van der Waals surface area contributed by atoms with Crippen LogP contribution in [0.15, 0.2) is 39.5 Å². The summed E-state index contributed by atoms with van der Waals surface area (Å²) < 4.78 is 18.0. The van der Waals surface area contributed by atoms with Gasteiger partial charge in [0.15, 0.2) is 28.3 Å². The lowest BCUT2D eigenvalue weighted by Crippen LogP contribution is -2.59. The normalized spacial score (nSPS) is 28.3. The summed E-state index contributed by atoms with van der Waals surface area (Å²) in [6.45, 7) is 15.4. The summed E-state index contributed by atoms with van der Waals surface area (Å²) in [5, 5.41) is 10.8. The van der Waals surface area contributed by atoms with Crippen LogP contribution in [0.3, 0.4) is 0 Å². The van der Waals surface area contributed by atoms with Gasteiger partial charge in [-0.15, -0.1) is 0 Å². The molecule has 25 nitrogen and oxygen atoms in total. The molecule has 3 aliphatic heterocycles. The SMILES string of the molecule is CC(C)C1NC(=O)C(NC(=O)c2cc(=O)cc3oc4cccc(C(=O)NC5C(=O)NC(C(C)C)C(=O)C6CCCC6C(=O)N(C)CC(=O)N(C)C(C(C)C)C(=O)OC5C)c4nc2-3)C(C)OC(=O)C(C(C)C)N(C)C(=O)CN(C)C(=O)C2CCCC2C1=O. The minimum absolute atomic E-state index is 0.0823. The Balaban J connectivity index is 1.27. The van der Waals surface area contributed by atoms with E-state index in [1.165, 1.54) is 70.0 Å².